The lowest BCUT2D eigenvalue weighted by molar-refractivity contribution is -0.385. The van der Waals surface area contributed by atoms with Crippen molar-refractivity contribution >= 4 is 22.7 Å². The first-order valence-corrected chi connectivity index (χ1v) is 10.2. The van der Waals surface area contributed by atoms with Crippen LogP contribution in [0.25, 0.3) is 22.3 Å². The number of fused-ring (bicyclic) bond motifs is 10. The minimum absolute atomic E-state index is 0.0572. The molecular weight excluding hydrogens is 420 g/mol. The van der Waals surface area contributed by atoms with Crippen LogP contribution in [0.4, 0.5) is 22.7 Å². The predicted octanol–water partition coefficient (Wildman–Crippen LogP) is 5.01. The summed E-state index contributed by atoms with van der Waals surface area (Å²) in [4.78, 5) is 22.5. The molecule has 0 unspecified atom stereocenters. The van der Waals surface area contributed by atoms with Crippen LogP contribution in [0, 0.1) is 20.2 Å². The molecule has 4 N–H and O–H groups in total. The van der Waals surface area contributed by atoms with Crippen molar-refractivity contribution < 1.29 is 9.85 Å². The summed E-state index contributed by atoms with van der Waals surface area (Å²) in [6, 6.07) is 20.6. The second-order valence-corrected chi connectivity index (χ2v) is 8.33. The van der Waals surface area contributed by atoms with Crippen molar-refractivity contribution in [3.63, 3.8) is 0 Å². The van der Waals surface area contributed by atoms with E-state index < -0.39 is 15.3 Å². The van der Waals surface area contributed by atoms with Gasteiger partial charge in [-0.3, -0.25) is 20.2 Å². The van der Waals surface area contributed by atoms with Crippen LogP contribution in [0.15, 0.2) is 72.8 Å². The smallest absolute Gasteiger partial charge is 0.269 e. The maximum absolute atomic E-state index is 11.7. The highest BCUT2D eigenvalue weighted by molar-refractivity contribution is 5.96. The quantitative estimate of drug-likeness (QED) is 0.222. The van der Waals surface area contributed by atoms with Gasteiger partial charge >= 0.3 is 0 Å². The fourth-order valence-corrected chi connectivity index (χ4v) is 5.47. The summed E-state index contributed by atoms with van der Waals surface area (Å²) >= 11 is 0. The third-order valence-electron chi connectivity index (χ3n) is 6.71. The molecule has 0 amide bonds. The van der Waals surface area contributed by atoms with Crippen molar-refractivity contribution in [2.75, 3.05) is 11.5 Å². The second kappa shape index (κ2) is 6.17. The van der Waals surface area contributed by atoms with E-state index in [1.807, 2.05) is 24.3 Å². The molecule has 0 aliphatic heterocycles. The highest BCUT2D eigenvalue weighted by Crippen LogP contribution is 2.64. The van der Waals surface area contributed by atoms with Gasteiger partial charge in [-0.2, -0.15) is 0 Å². The van der Waals surface area contributed by atoms with Gasteiger partial charge in [-0.05, 0) is 80.9 Å². The third kappa shape index (κ3) is 2.29. The van der Waals surface area contributed by atoms with Crippen molar-refractivity contribution in [2.45, 2.75) is 5.41 Å². The van der Waals surface area contributed by atoms with Gasteiger partial charge in [-0.15, -0.1) is 0 Å². The molecule has 0 heterocycles. The number of hydrogen-bond donors (Lipinski definition) is 2. The molecular formula is C25H16N4O4. The molecule has 4 aromatic rings. The summed E-state index contributed by atoms with van der Waals surface area (Å²) in [5.74, 6) is 0. The van der Waals surface area contributed by atoms with Gasteiger partial charge < -0.3 is 11.5 Å². The molecule has 0 fully saturated rings. The lowest BCUT2D eigenvalue weighted by atomic mass is 9.70. The topological polar surface area (TPSA) is 138 Å². The minimum atomic E-state index is -1.02. The van der Waals surface area contributed by atoms with E-state index in [0.29, 0.717) is 22.5 Å². The van der Waals surface area contributed by atoms with Crippen LogP contribution in [-0.4, -0.2) is 9.85 Å². The fourth-order valence-electron chi connectivity index (χ4n) is 5.47. The number of benzene rings is 4. The Balaban J connectivity index is 1.85. The standard InChI is InChI=1S/C25H16N4O4/c26-13-1-5-17-19-7-3-15(28(30)31)11-23(19)25(21(17)9-13)22-10-14(27)2-6-18(22)20-8-4-16(29(32)33)12-24(20)25/h1-12H,26-27H2. The van der Waals surface area contributed by atoms with Crippen LogP contribution in [0.2, 0.25) is 0 Å². The molecule has 0 saturated carbocycles. The van der Waals surface area contributed by atoms with Crippen LogP contribution in [0.5, 0.6) is 0 Å². The first kappa shape index (κ1) is 19.0. The molecule has 160 valence electrons. The molecule has 0 radical (unpaired) electrons. The van der Waals surface area contributed by atoms with E-state index in [2.05, 4.69) is 0 Å². The van der Waals surface area contributed by atoms with Crippen molar-refractivity contribution in [2.24, 2.45) is 0 Å². The van der Waals surface area contributed by atoms with E-state index >= 15 is 0 Å². The van der Waals surface area contributed by atoms with E-state index in [1.54, 1.807) is 36.4 Å². The second-order valence-electron chi connectivity index (χ2n) is 8.33. The Morgan fingerprint density at radius 1 is 0.545 bits per heavy atom. The molecule has 1 spiro atoms. The van der Waals surface area contributed by atoms with Gasteiger partial charge in [0.2, 0.25) is 0 Å². The maximum Gasteiger partial charge on any atom is 0.269 e. The van der Waals surface area contributed by atoms with E-state index in [-0.39, 0.29) is 11.4 Å². The summed E-state index contributed by atoms with van der Waals surface area (Å²) in [5.41, 5.74) is 18.7. The molecule has 33 heavy (non-hydrogen) atoms. The molecule has 8 heteroatoms. The number of nitrogens with two attached hydrogens (primary N) is 2. The monoisotopic (exact) mass is 436 g/mol. The Morgan fingerprint density at radius 3 is 1.24 bits per heavy atom. The molecule has 4 aromatic carbocycles. The van der Waals surface area contributed by atoms with Crippen LogP contribution in [0.1, 0.15) is 22.3 Å². The molecule has 0 aromatic heterocycles. The summed E-state index contributed by atoms with van der Waals surface area (Å²) in [7, 11) is 0. The molecule has 0 atom stereocenters. The summed E-state index contributed by atoms with van der Waals surface area (Å²) in [5, 5.41) is 23.4. The summed E-state index contributed by atoms with van der Waals surface area (Å²) in [6.07, 6.45) is 0. The highest BCUT2D eigenvalue weighted by Gasteiger charge is 2.53. The molecule has 8 nitrogen and oxygen atoms in total. The van der Waals surface area contributed by atoms with Gasteiger partial charge in [-0.25, -0.2) is 0 Å². The van der Waals surface area contributed by atoms with E-state index in [9.17, 15) is 20.2 Å². The molecule has 2 aliphatic rings. The van der Waals surface area contributed by atoms with Crippen LogP contribution in [-0.2, 0) is 5.41 Å². The average molecular weight is 436 g/mol. The zero-order valence-corrected chi connectivity index (χ0v) is 17.1. The molecule has 2 aliphatic carbocycles. The zero-order valence-electron chi connectivity index (χ0n) is 17.1. The SMILES string of the molecule is Nc1ccc2c(c1)C1(c3cc(N)ccc3-c3ccc([N+](=O)[O-])cc31)c1cc([N+](=O)[O-])ccc1-2. The third-order valence-corrected chi connectivity index (χ3v) is 6.71. The highest BCUT2D eigenvalue weighted by atomic mass is 16.6. The summed E-state index contributed by atoms with van der Waals surface area (Å²) in [6.45, 7) is 0. The summed E-state index contributed by atoms with van der Waals surface area (Å²) < 4.78 is 0. The van der Waals surface area contributed by atoms with E-state index in [4.69, 9.17) is 11.5 Å². The Hall–Kier alpha value is -4.72. The van der Waals surface area contributed by atoms with Gasteiger partial charge in [0.1, 0.15) is 0 Å². The minimum Gasteiger partial charge on any atom is -0.399 e. The number of nitro groups is 2. The predicted molar refractivity (Wildman–Crippen MR) is 125 cm³/mol. The lowest BCUT2D eigenvalue weighted by Crippen LogP contribution is -2.26. The number of hydrogen-bond acceptors (Lipinski definition) is 6. The van der Waals surface area contributed by atoms with Crippen molar-refractivity contribution in [1.82, 2.24) is 0 Å². The van der Waals surface area contributed by atoms with Gasteiger partial charge in [0.05, 0.1) is 15.3 Å². The van der Waals surface area contributed by atoms with Gasteiger partial charge in [-0.1, -0.05) is 12.1 Å². The van der Waals surface area contributed by atoms with E-state index in [0.717, 1.165) is 33.4 Å². The Morgan fingerprint density at radius 2 is 0.879 bits per heavy atom. The Bertz CT molecular complexity index is 1440. The first-order chi connectivity index (χ1) is 15.8. The Labute approximate surface area is 187 Å². The van der Waals surface area contributed by atoms with E-state index in [1.165, 1.54) is 12.1 Å². The Kier molecular flexibility index (Phi) is 3.55. The van der Waals surface area contributed by atoms with Crippen molar-refractivity contribution in [3.05, 3.63) is 115 Å². The van der Waals surface area contributed by atoms with Gasteiger partial charge in [0.15, 0.2) is 0 Å². The average Bonchev–Trinajstić information content (AvgIpc) is 3.24. The number of nitro benzene ring substituents is 2. The fraction of sp³-hybridized carbons (Fsp3) is 0.0400. The largest absolute Gasteiger partial charge is 0.399 e. The van der Waals surface area contributed by atoms with Crippen LogP contribution >= 0.6 is 0 Å². The van der Waals surface area contributed by atoms with Crippen LogP contribution < -0.4 is 11.5 Å². The van der Waals surface area contributed by atoms with Crippen LogP contribution in [0.3, 0.4) is 0 Å². The number of nitrogens with zero attached hydrogens (tertiary/aromatic N) is 2. The number of anilines is 2. The molecule has 0 saturated heterocycles. The number of non-ortho nitro benzene ring substituents is 2. The molecule has 6 rings (SSSR count). The van der Waals surface area contributed by atoms with Crippen molar-refractivity contribution in [1.29, 1.82) is 0 Å². The van der Waals surface area contributed by atoms with Gasteiger partial charge in [0.25, 0.3) is 11.4 Å². The maximum atomic E-state index is 11.7. The lowest BCUT2D eigenvalue weighted by Gasteiger charge is -2.30. The van der Waals surface area contributed by atoms with Crippen molar-refractivity contribution in [3.8, 4) is 22.3 Å². The zero-order chi connectivity index (χ0) is 23.1. The number of rotatable bonds is 2. The molecule has 0 bridgehead atoms. The normalized spacial score (nSPS) is 13.8. The van der Waals surface area contributed by atoms with Gasteiger partial charge in [0, 0.05) is 35.6 Å². The number of nitrogen functional groups attached to an aromatic ring is 2. The first-order valence-electron chi connectivity index (χ1n) is 10.2.